The molecule has 16 heavy (non-hydrogen) atoms. The second kappa shape index (κ2) is 6.74. The Bertz CT molecular complexity index is 291. The molecule has 1 heterocycles. The SMILES string of the molecule is CCCNC(CCC(C)C)c1occc1C. The van der Waals surface area contributed by atoms with Gasteiger partial charge < -0.3 is 9.73 Å². The monoisotopic (exact) mass is 223 g/mol. The molecule has 0 aromatic carbocycles. The number of aryl methyl sites for hydroxylation is 1. The molecule has 2 heteroatoms. The molecule has 0 spiro atoms. The highest BCUT2D eigenvalue weighted by atomic mass is 16.3. The lowest BCUT2D eigenvalue weighted by atomic mass is 10.00. The average Bonchev–Trinajstić information content (AvgIpc) is 2.65. The van der Waals surface area contributed by atoms with E-state index in [1.165, 1.54) is 12.0 Å². The number of furan rings is 1. The molecular formula is C14H25NO. The molecule has 92 valence electrons. The normalized spacial score (nSPS) is 13.3. The van der Waals surface area contributed by atoms with Crippen LogP contribution in [0.5, 0.6) is 0 Å². The second-order valence-electron chi connectivity index (χ2n) is 4.95. The first-order valence-electron chi connectivity index (χ1n) is 6.42. The Labute approximate surface area is 99.4 Å². The van der Waals surface area contributed by atoms with Crippen LogP contribution >= 0.6 is 0 Å². The van der Waals surface area contributed by atoms with Crippen molar-refractivity contribution >= 4 is 0 Å². The summed E-state index contributed by atoms with van der Waals surface area (Å²) in [5.41, 5.74) is 1.26. The van der Waals surface area contributed by atoms with E-state index in [9.17, 15) is 0 Å². The molecule has 1 N–H and O–H groups in total. The maximum atomic E-state index is 5.59. The molecule has 0 saturated carbocycles. The van der Waals surface area contributed by atoms with E-state index in [0.717, 1.165) is 31.1 Å². The molecule has 0 aliphatic carbocycles. The fourth-order valence-electron chi connectivity index (χ4n) is 1.89. The molecule has 0 bridgehead atoms. The van der Waals surface area contributed by atoms with Crippen molar-refractivity contribution in [3.05, 3.63) is 23.7 Å². The van der Waals surface area contributed by atoms with Crippen molar-refractivity contribution in [2.45, 2.75) is 53.0 Å². The first kappa shape index (κ1) is 13.3. The zero-order valence-corrected chi connectivity index (χ0v) is 11.0. The van der Waals surface area contributed by atoms with Crippen LogP contribution in [-0.2, 0) is 0 Å². The van der Waals surface area contributed by atoms with Gasteiger partial charge in [-0.3, -0.25) is 0 Å². The average molecular weight is 223 g/mol. The summed E-state index contributed by atoms with van der Waals surface area (Å²) in [6, 6.07) is 2.43. The van der Waals surface area contributed by atoms with Gasteiger partial charge in [-0.15, -0.1) is 0 Å². The first-order valence-corrected chi connectivity index (χ1v) is 6.42. The minimum absolute atomic E-state index is 0.386. The van der Waals surface area contributed by atoms with Crippen molar-refractivity contribution in [2.24, 2.45) is 5.92 Å². The summed E-state index contributed by atoms with van der Waals surface area (Å²) in [5.74, 6) is 1.87. The highest BCUT2D eigenvalue weighted by Gasteiger charge is 2.16. The molecule has 1 unspecified atom stereocenters. The van der Waals surface area contributed by atoms with E-state index >= 15 is 0 Å². The number of rotatable bonds is 7. The van der Waals surface area contributed by atoms with Gasteiger partial charge in [-0.25, -0.2) is 0 Å². The number of hydrogen-bond donors (Lipinski definition) is 1. The summed E-state index contributed by atoms with van der Waals surface area (Å²) < 4.78 is 5.59. The quantitative estimate of drug-likeness (QED) is 0.754. The smallest absolute Gasteiger partial charge is 0.123 e. The maximum Gasteiger partial charge on any atom is 0.123 e. The molecule has 1 aromatic heterocycles. The van der Waals surface area contributed by atoms with Gasteiger partial charge in [0.15, 0.2) is 0 Å². The highest BCUT2D eigenvalue weighted by molar-refractivity contribution is 5.18. The molecule has 1 aromatic rings. The molecule has 0 radical (unpaired) electrons. The zero-order valence-electron chi connectivity index (χ0n) is 11.0. The minimum atomic E-state index is 0.386. The molecule has 0 amide bonds. The van der Waals surface area contributed by atoms with Gasteiger partial charge in [-0.05, 0) is 50.3 Å². The van der Waals surface area contributed by atoms with Gasteiger partial charge in [-0.1, -0.05) is 20.8 Å². The van der Waals surface area contributed by atoms with Gasteiger partial charge in [0, 0.05) is 0 Å². The van der Waals surface area contributed by atoms with Gasteiger partial charge in [-0.2, -0.15) is 0 Å². The molecule has 0 saturated heterocycles. The molecule has 0 aliphatic rings. The predicted octanol–water partition coefficient (Wildman–Crippen LogP) is 4.06. The number of hydrogen-bond acceptors (Lipinski definition) is 2. The van der Waals surface area contributed by atoms with Gasteiger partial charge in [0.1, 0.15) is 5.76 Å². The summed E-state index contributed by atoms with van der Waals surface area (Å²) in [4.78, 5) is 0. The van der Waals surface area contributed by atoms with E-state index in [1.807, 2.05) is 6.07 Å². The van der Waals surface area contributed by atoms with E-state index in [1.54, 1.807) is 6.26 Å². The Hall–Kier alpha value is -0.760. The van der Waals surface area contributed by atoms with Crippen LogP contribution in [0.2, 0.25) is 0 Å². The van der Waals surface area contributed by atoms with E-state index < -0.39 is 0 Å². The van der Waals surface area contributed by atoms with Crippen molar-refractivity contribution in [2.75, 3.05) is 6.54 Å². The summed E-state index contributed by atoms with van der Waals surface area (Å²) in [6.07, 6.45) is 5.35. The van der Waals surface area contributed by atoms with Crippen LogP contribution in [0.25, 0.3) is 0 Å². The maximum absolute atomic E-state index is 5.59. The van der Waals surface area contributed by atoms with Crippen molar-refractivity contribution in [3.8, 4) is 0 Å². The molecular weight excluding hydrogens is 198 g/mol. The van der Waals surface area contributed by atoms with Crippen LogP contribution in [0.3, 0.4) is 0 Å². The second-order valence-corrected chi connectivity index (χ2v) is 4.95. The van der Waals surface area contributed by atoms with Crippen LogP contribution in [0, 0.1) is 12.8 Å². The summed E-state index contributed by atoms with van der Waals surface area (Å²) in [7, 11) is 0. The Balaban J connectivity index is 2.60. The Morgan fingerprint density at radius 1 is 1.31 bits per heavy atom. The van der Waals surface area contributed by atoms with Gasteiger partial charge >= 0.3 is 0 Å². The van der Waals surface area contributed by atoms with E-state index in [2.05, 4.69) is 33.0 Å². The van der Waals surface area contributed by atoms with E-state index in [-0.39, 0.29) is 0 Å². The number of nitrogens with one attached hydrogen (secondary N) is 1. The third-order valence-electron chi connectivity index (χ3n) is 2.89. The van der Waals surface area contributed by atoms with Crippen LogP contribution < -0.4 is 5.32 Å². The Morgan fingerprint density at radius 2 is 2.06 bits per heavy atom. The van der Waals surface area contributed by atoms with E-state index in [0.29, 0.717) is 6.04 Å². The molecule has 2 nitrogen and oxygen atoms in total. The lowest BCUT2D eigenvalue weighted by molar-refractivity contribution is 0.370. The van der Waals surface area contributed by atoms with Crippen LogP contribution in [-0.4, -0.2) is 6.54 Å². The fraction of sp³-hybridized carbons (Fsp3) is 0.714. The fourth-order valence-corrected chi connectivity index (χ4v) is 1.89. The van der Waals surface area contributed by atoms with Gasteiger partial charge in [0.2, 0.25) is 0 Å². The largest absolute Gasteiger partial charge is 0.467 e. The lowest BCUT2D eigenvalue weighted by Crippen LogP contribution is -2.22. The van der Waals surface area contributed by atoms with E-state index in [4.69, 9.17) is 4.42 Å². The Kier molecular flexibility index (Phi) is 5.61. The van der Waals surface area contributed by atoms with Crippen LogP contribution in [0.15, 0.2) is 16.7 Å². The highest BCUT2D eigenvalue weighted by Crippen LogP contribution is 2.24. The zero-order chi connectivity index (χ0) is 12.0. The summed E-state index contributed by atoms with van der Waals surface area (Å²) >= 11 is 0. The third kappa shape index (κ3) is 4.01. The van der Waals surface area contributed by atoms with Crippen molar-refractivity contribution in [1.29, 1.82) is 0 Å². The molecule has 1 rings (SSSR count). The topological polar surface area (TPSA) is 25.2 Å². The summed E-state index contributed by atoms with van der Waals surface area (Å²) in [6.45, 7) is 9.91. The van der Waals surface area contributed by atoms with Crippen molar-refractivity contribution in [3.63, 3.8) is 0 Å². The van der Waals surface area contributed by atoms with Crippen molar-refractivity contribution < 1.29 is 4.42 Å². The molecule has 0 aliphatic heterocycles. The third-order valence-corrected chi connectivity index (χ3v) is 2.89. The van der Waals surface area contributed by atoms with Crippen molar-refractivity contribution in [1.82, 2.24) is 5.32 Å². The van der Waals surface area contributed by atoms with Crippen LogP contribution in [0.4, 0.5) is 0 Å². The summed E-state index contributed by atoms with van der Waals surface area (Å²) in [5, 5.41) is 3.57. The standard InChI is InChI=1S/C14H25NO/c1-5-9-15-13(7-6-11(2)3)14-12(4)8-10-16-14/h8,10-11,13,15H,5-7,9H2,1-4H3. The lowest BCUT2D eigenvalue weighted by Gasteiger charge is -2.18. The first-order chi connectivity index (χ1) is 7.65. The van der Waals surface area contributed by atoms with Gasteiger partial charge in [0.05, 0.1) is 12.3 Å². The minimum Gasteiger partial charge on any atom is -0.467 e. The van der Waals surface area contributed by atoms with Gasteiger partial charge in [0.25, 0.3) is 0 Å². The molecule has 1 atom stereocenters. The van der Waals surface area contributed by atoms with Crippen LogP contribution in [0.1, 0.15) is 57.4 Å². The molecule has 0 fully saturated rings. The Morgan fingerprint density at radius 3 is 2.56 bits per heavy atom. The predicted molar refractivity (Wildman–Crippen MR) is 68.6 cm³/mol.